The van der Waals surface area contributed by atoms with Crippen molar-refractivity contribution in [3.05, 3.63) is 45.8 Å². The number of amides is 1. The molecule has 0 aliphatic rings. The van der Waals surface area contributed by atoms with Gasteiger partial charge in [-0.25, -0.2) is 0 Å². The second kappa shape index (κ2) is 10.5. The zero-order chi connectivity index (χ0) is 19.8. The maximum absolute atomic E-state index is 12.6. The second-order valence-corrected chi connectivity index (χ2v) is 8.22. The number of rotatable bonds is 11. The monoisotopic (exact) mass is 420 g/mol. The molecule has 0 fully saturated rings. The molecule has 0 bridgehead atoms. The van der Waals surface area contributed by atoms with Gasteiger partial charge in [-0.1, -0.05) is 12.1 Å². The number of nitrogens with zero attached hydrogens (tertiary/aromatic N) is 3. The fraction of sp³-hybridized carbons (Fsp3) is 0.421. The summed E-state index contributed by atoms with van der Waals surface area (Å²) in [5, 5.41) is 15.3. The van der Waals surface area contributed by atoms with Crippen LogP contribution in [0.5, 0.6) is 0 Å². The number of hydrogen-bond acceptors (Lipinski definition) is 8. The molecule has 7 nitrogen and oxygen atoms in total. The number of carbonyl (C=O) groups excluding carboxylic acids is 1. The average Bonchev–Trinajstić information content (AvgIpc) is 3.46. The minimum Gasteiger partial charge on any atom is -0.419 e. The fourth-order valence-corrected chi connectivity index (χ4v) is 4.04. The molecule has 0 saturated carbocycles. The maximum atomic E-state index is 12.6. The Morgan fingerprint density at radius 3 is 2.82 bits per heavy atom. The molecule has 0 unspecified atom stereocenters. The summed E-state index contributed by atoms with van der Waals surface area (Å²) in [4.78, 5) is 16.8. The van der Waals surface area contributed by atoms with E-state index in [-0.39, 0.29) is 11.9 Å². The molecule has 0 saturated heterocycles. The van der Waals surface area contributed by atoms with E-state index in [4.69, 9.17) is 9.15 Å². The molecule has 3 aromatic rings. The van der Waals surface area contributed by atoms with Crippen LogP contribution in [0.4, 0.5) is 0 Å². The van der Waals surface area contributed by atoms with Gasteiger partial charge < -0.3 is 14.5 Å². The highest BCUT2D eigenvalue weighted by atomic mass is 32.1. The van der Waals surface area contributed by atoms with Gasteiger partial charge in [0.2, 0.25) is 11.8 Å². The van der Waals surface area contributed by atoms with Gasteiger partial charge in [-0.3, -0.25) is 9.69 Å². The SMILES string of the molecule is COCCN(Cc1nnc(-c2cccs2)o1)[C@H](C)C(=O)NCCc1cccs1. The first-order valence-electron chi connectivity index (χ1n) is 9.06. The lowest BCUT2D eigenvalue weighted by Gasteiger charge is -2.26. The summed E-state index contributed by atoms with van der Waals surface area (Å²) < 4.78 is 11.0. The largest absolute Gasteiger partial charge is 0.419 e. The number of hydrogen-bond donors (Lipinski definition) is 1. The summed E-state index contributed by atoms with van der Waals surface area (Å²) in [7, 11) is 1.64. The Labute approximate surface area is 172 Å². The number of ether oxygens (including phenoxy) is 1. The highest BCUT2D eigenvalue weighted by molar-refractivity contribution is 7.13. The van der Waals surface area contributed by atoms with Crippen molar-refractivity contribution >= 4 is 28.6 Å². The van der Waals surface area contributed by atoms with Crippen molar-refractivity contribution in [3.63, 3.8) is 0 Å². The van der Waals surface area contributed by atoms with E-state index in [1.165, 1.54) is 4.88 Å². The Morgan fingerprint density at radius 1 is 1.29 bits per heavy atom. The molecule has 0 aliphatic heterocycles. The minimum atomic E-state index is -0.337. The third kappa shape index (κ3) is 5.71. The number of nitrogens with one attached hydrogen (secondary N) is 1. The van der Waals surface area contributed by atoms with Crippen molar-refractivity contribution in [3.8, 4) is 10.8 Å². The number of thiophene rings is 2. The summed E-state index contributed by atoms with van der Waals surface area (Å²) in [6, 6.07) is 7.64. The van der Waals surface area contributed by atoms with Gasteiger partial charge in [0.05, 0.1) is 24.1 Å². The quantitative estimate of drug-likeness (QED) is 0.514. The van der Waals surface area contributed by atoms with E-state index in [1.807, 2.05) is 40.8 Å². The minimum absolute atomic E-state index is 0.0225. The van der Waals surface area contributed by atoms with Crippen molar-refractivity contribution in [2.24, 2.45) is 0 Å². The van der Waals surface area contributed by atoms with Crippen LogP contribution in [0.3, 0.4) is 0 Å². The van der Waals surface area contributed by atoms with Gasteiger partial charge in [0.1, 0.15) is 0 Å². The van der Waals surface area contributed by atoms with Gasteiger partial charge in [0.25, 0.3) is 5.89 Å². The Bertz CT molecular complexity index is 833. The molecule has 1 atom stereocenters. The van der Waals surface area contributed by atoms with Gasteiger partial charge >= 0.3 is 0 Å². The summed E-state index contributed by atoms with van der Waals surface area (Å²) in [5.41, 5.74) is 0. The molecule has 3 aromatic heterocycles. The number of carbonyl (C=O) groups is 1. The van der Waals surface area contributed by atoms with Crippen LogP contribution in [0, 0.1) is 0 Å². The summed E-state index contributed by atoms with van der Waals surface area (Å²) in [5.74, 6) is 0.966. The predicted molar refractivity (Wildman–Crippen MR) is 110 cm³/mol. The molecule has 150 valence electrons. The van der Waals surface area contributed by atoms with E-state index in [0.717, 1.165) is 11.3 Å². The highest BCUT2D eigenvalue weighted by Crippen LogP contribution is 2.23. The van der Waals surface area contributed by atoms with Crippen molar-refractivity contribution < 1.29 is 13.9 Å². The molecule has 1 amide bonds. The molecule has 0 spiro atoms. The first-order chi connectivity index (χ1) is 13.7. The summed E-state index contributed by atoms with van der Waals surface area (Å²) in [6.45, 7) is 3.99. The lowest BCUT2D eigenvalue weighted by Crippen LogP contribution is -2.46. The standard InChI is InChI=1S/C19H24N4O3S2/c1-14(18(24)20-8-7-15-5-3-11-27-15)23(9-10-25-2)13-17-21-22-19(26-17)16-6-4-12-28-16/h3-6,11-12,14H,7-10,13H2,1-2H3,(H,20,24)/t14-/m1/s1. The predicted octanol–water partition coefficient (Wildman–Crippen LogP) is 3.06. The van der Waals surface area contributed by atoms with Crippen molar-refractivity contribution in [2.45, 2.75) is 25.9 Å². The number of methoxy groups -OCH3 is 1. The van der Waals surface area contributed by atoms with Crippen LogP contribution in [-0.2, 0) is 22.5 Å². The van der Waals surface area contributed by atoms with Gasteiger partial charge in [-0.2, -0.15) is 0 Å². The van der Waals surface area contributed by atoms with Crippen LogP contribution in [0.25, 0.3) is 10.8 Å². The van der Waals surface area contributed by atoms with E-state index < -0.39 is 0 Å². The zero-order valence-electron chi connectivity index (χ0n) is 16.0. The normalized spacial score (nSPS) is 12.4. The van der Waals surface area contributed by atoms with Crippen LogP contribution in [0.1, 0.15) is 17.7 Å². The molecule has 28 heavy (non-hydrogen) atoms. The van der Waals surface area contributed by atoms with Crippen molar-refractivity contribution in [1.82, 2.24) is 20.4 Å². The van der Waals surface area contributed by atoms with E-state index >= 15 is 0 Å². The molecule has 9 heteroatoms. The van der Waals surface area contributed by atoms with Crippen LogP contribution in [0.2, 0.25) is 0 Å². The van der Waals surface area contributed by atoms with E-state index in [9.17, 15) is 4.79 Å². The zero-order valence-corrected chi connectivity index (χ0v) is 17.6. The third-order valence-electron chi connectivity index (χ3n) is 4.30. The lowest BCUT2D eigenvalue weighted by atomic mass is 10.2. The maximum Gasteiger partial charge on any atom is 0.257 e. The molecule has 1 N–H and O–H groups in total. The lowest BCUT2D eigenvalue weighted by molar-refractivity contribution is -0.126. The van der Waals surface area contributed by atoms with E-state index in [2.05, 4.69) is 21.6 Å². The Hall–Kier alpha value is -2.07. The Morgan fingerprint density at radius 2 is 2.11 bits per heavy atom. The van der Waals surface area contributed by atoms with Gasteiger partial charge in [-0.05, 0) is 36.2 Å². The Balaban J connectivity index is 1.57. The Kier molecular flexibility index (Phi) is 7.72. The van der Waals surface area contributed by atoms with Crippen LogP contribution >= 0.6 is 22.7 Å². The fourth-order valence-electron chi connectivity index (χ4n) is 2.69. The van der Waals surface area contributed by atoms with Gasteiger partial charge in [0, 0.05) is 25.1 Å². The van der Waals surface area contributed by atoms with Crippen LogP contribution in [-0.4, -0.2) is 53.9 Å². The van der Waals surface area contributed by atoms with Crippen molar-refractivity contribution in [1.29, 1.82) is 0 Å². The molecular weight excluding hydrogens is 396 g/mol. The highest BCUT2D eigenvalue weighted by Gasteiger charge is 2.23. The molecule has 3 heterocycles. The van der Waals surface area contributed by atoms with Crippen molar-refractivity contribution in [2.75, 3.05) is 26.8 Å². The summed E-state index contributed by atoms with van der Waals surface area (Å²) in [6.07, 6.45) is 0.835. The first kappa shape index (κ1) is 20.7. The van der Waals surface area contributed by atoms with E-state index in [0.29, 0.717) is 38.0 Å². The average molecular weight is 421 g/mol. The first-order valence-corrected chi connectivity index (χ1v) is 10.8. The molecule has 0 aromatic carbocycles. The third-order valence-corrected chi connectivity index (χ3v) is 6.09. The topological polar surface area (TPSA) is 80.5 Å². The molecule has 0 aliphatic carbocycles. The molecule has 3 rings (SSSR count). The smallest absolute Gasteiger partial charge is 0.257 e. The van der Waals surface area contributed by atoms with Gasteiger partial charge in [0.15, 0.2) is 0 Å². The second-order valence-electron chi connectivity index (χ2n) is 6.24. The molecule has 0 radical (unpaired) electrons. The van der Waals surface area contributed by atoms with Gasteiger partial charge in [-0.15, -0.1) is 32.9 Å². The van der Waals surface area contributed by atoms with Crippen LogP contribution in [0.15, 0.2) is 39.4 Å². The van der Waals surface area contributed by atoms with Crippen LogP contribution < -0.4 is 5.32 Å². The molecular formula is C19H24N4O3S2. The number of aromatic nitrogens is 2. The summed E-state index contributed by atoms with van der Waals surface area (Å²) >= 11 is 3.25. The van der Waals surface area contributed by atoms with E-state index in [1.54, 1.807) is 29.8 Å².